The minimum Gasteiger partial charge on any atom is -0.337 e. The Morgan fingerprint density at radius 2 is 1.39 bits per heavy atom. The number of carbonyl (C=O) groups is 2. The van der Waals surface area contributed by atoms with Gasteiger partial charge in [0.05, 0.1) is 13.1 Å². The number of amides is 2. The first-order valence-electron chi connectivity index (χ1n) is 9.91. The Bertz CT molecular complexity index is 791. The molecule has 2 aromatic heterocycles. The van der Waals surface area contributed by atoms with Gasteiger partial charge in [-0.3, -0.25) is 14.5 Å². The third-order valence-corrected chi connectivity index (χ3v) is 7.77. The van der Waals surface area contributed by atoms with Crippen LogP contribution in [0, 0.1) is 0 Å². The van der Waals surface area contributed by atoms with Crippen LogP contribution in [0.15, 0.2) is 22.9 Å². The zero-order chi connectivity index (χ0) is 19.7. The van der Waals surface area contributed by atoms with Crippen molar-refractivity contribution < 1.29 is 9.59 Å². The lowest BCUT2D eigenvalue weighted by molar-refractivity contribution is -0.137. The highest BCUT2D eigenvalue weighted by Crippen LogP contribution is 2.25. The van der Waals surface area contributed by atoms with Gasteiger partial charge in [-0.1, -0.05) is 0 Å². The summed E-state index contributed by atoms with van der Waals surface area (Å²) >= 11 is 3.56. The Balaban J connectivity index is 1.35. The summed E-state index contributed by atoms with van der Waals surface area (Å²) in [6, 6.07) is 4.40. The van der Waals surface area contributed by atoms with E-state index in [0.29, 0.717) is 26.2 Å². The quantitative estimate of drug-likeness (QED) is 0.751. The van der Waals surface area contributed by atoms with E-state index in [1.807, 2.05) is 14.7 Å². The molecule has 2 aliphatic rings. The number of thiophene rings is 2. The predicted molar refractivity (Wildman–Crippen MR) is 114 cm³/mol. The van der Waals surface area contributed by atoms with Crippen LogP contribution in [0.3, 0.4) is 0 Å². The van der Waals surface area contributed by atoms with Crippen LogP contribution in [0.2, 0.25) is 0 Å². The van der Waals surface area contributed by atoms with Gasteiger partial charge in [-0.25, -0.2) is 0 Å². The van der Waals surface area contributed by atoms with Gasteiger partial charge in [-0.15, -0.1) is 22.7 Å². The zero-order valence-corrected chi connectivity index (χ0v) is 18.2. The van der Waals surface area contributed by atoms with E-state index in [1.165, 1.54) is 20.9 Å². The number of nitrogens with zero attached hydrogens (tertiary/aromatic N) is 3. The molecule has 0 saturated heterocycles. The van der Waals surface area contributed by atoms with Crippen LogP contribution in [-0.4, -0.2) is 58.7 Å². The van der Waals surface area contributed by atoms with Gasteiger partial charge in [0.25, 0.3) is 0 Å². The molecular weight excluding hydrogens is 390 g/mol. The summed E-state index contributed by atoms with van der Waals surface area (Å²) in [7, 11) is 0. The molecule has 4 heterocycles. The van der Waals surface area contributed by atoms with Crippen molar-refractivity contribution in [1.29, 1.82) is 0 Å². The predicted octanol–water partition coefficient (Wildman–Crippen LogP) is 2.99. The second-order valence-corrected chi connectivity index (χ2v) is 9.87. The van der Waals surface area contributed by atoms with Gasteiger partial charge in [0.2, 0.25) is 11.8 Å². The van der Waals surface area contributed by atoms with E-state index in [9.17, 15) is 9.59 Å². The highest BCUT2D eigenvalue weighted by molar-refractivity contribution is 7.10. The third-order valence-electron chi connectivity index (χ3n) is 5.73. The molecule has 0 fully saturated rings. The molecule has 7 heteroatoms. The Kier molecular flexibility index (Phi) is 5.85. The molecule has 4 rings (SSSR count). The monoisotopic (exact) mass is 417 g/mol. The molecule has 28 heavy (non-hydrogen) atoms. The maximum absolute atomic E-state index is 12.9. The molecule has 0 spiro atoms. The van der Waals surface area contributed by atoms with Crippen molar-refractivity contribution in [3.05, 3.63) is 43.8 Å². The first-order valence-corrected chi connectivity index (χ1v) is 11.7. The summed E-state index contributed by atoms with van der Waals surface area (Å²) in [6.45, 7) is 7.68. The van der Waals surface area contributed by atoms with E-state index < -0.39 is 0 Å². The Morgan fingerprint density at radius 3 is 1.82 bits per heavy atom. The molecule has 0 radical (unpaired) electrons. The highest BCUT2D eigenvalue weighted by Gasteiger charge is 2.27. The summed E-state index contributed by atoms with van der Waals surface area (Å²) in [5, 5.41) is 4.21. The maximum Gasteiger partial charge on any atom is 0.237 e. The fourth-order valence-corrected chi connectivity index (χ4v) is 5.67. The summed E-state index contributed by atoms with van der Waals surface area (Å²) in [5.74, 6) is 0.245. The van der Waals surface area contributed by atoms with Crippen molar-refractivity contribution in [2.24, 2.45) is 0 Å². The van der Waals surface area contributed by atoms with Gasteiger partial charge < -0.3 is 9.80 Å². The Hall–Kier alpha value is -1.70. The molecule has 0 N–H and O–H groups in total. The van der Waals surface area contributed by atoms with Crippen molar-refractivity contribution >= 4 is 34.5 Å². The SMILES string of the molecule is CC(C)N(CC(=O)N1CCc2sccc2C1)CC(=O)N1CCc2sccc2C1. The third kappa shape index (κ3) is 4.16. The Morgan fingerprint density at radius 1 is 0.929 bits per heavy atom. The number of carbonyl (C=O) groups excluding carboxylic acids is 2. The molecule has 0 bridgehead atoms. The normalized spacial score (nSPS) is 16.4. The van der Waals surface area contributed by atoms with Crippen molar-refractivity contribution in [1.82, 2.24) is 14.7 Å². The fraction of sp³-hybridized carbons (Fsp3) is 0.524. The summed E-state index contributed by atoms with van der Waals surface area (Å²) in [4.78, 5) is 34.5. The van der Waals surface area contributed by atoms with Gasteiger partial charge in [-0.2, -0.15) is 0 Å². The summed E-state index contributed by atoms with van der Waals surface area (Å²) in [5.41, 5.74) is 2.55. The van der Waals surface area contributed by atoms with Crippen LogP contribution in [0.4, 0.5) is 0 Å². The van der Waals surface area contributed by atoms with Crippen molar-refractivity contribution in [2.75, 3.05) is 26.2 Å². The topological polar surface area (TPSA) is 43.9 Å². The molecule has 2 aliphatic heterocycles. The van der Waals surface area contributed by atoms with Gasteiger partial charge in [-0.05, 0) is 60.7 Å². The molecule has 5 nitrogen and oxygen atoms in total. The van der Waals surface area contributed by atoms with E-state index in [2.05, 4.69) is 36.7 Å². The maximum atomic E-state index is 12.9. The number of rotatable bonds is 5. The van der Waals surface area contributed by atoms with Crippen molar-refractivity contribution in [3.8, 4) is 0 Å². The summed E-state index contributed by atoms with van der Waals surface area (Å²) < 4.78 is 0. The van der Waals surface area contributed by atoms with Gasteiger partial charge >= 0.3 is 0 Å². The van der Waals surface area contributed by atoms with Crippen LogP contribution in [0.5, 0.6) is 0 Å². The van der Waals surface area contributed by atoms with E-state index >= 15 is 0 Å². The molecule has 2 aromatic rings. The second-order valence-electron chi connectivity index (χ2n) is 7.87. The van der Waals surface area contributed by atoms with Crippen LogP contribution < -0.4 is 0 Å². The smallest absolute Gasteiger partial charge is 0.237 e. The minimum absolute atomic E-state index is 0.122. The first kappa shape index (κ1) is 19.6. The van der Waals surface area contributed by atoms with Crippen LogP contribution in [0.25, 0.3) is 0 Å². The molecule has 150 valence electrons. The van der Waals surface area contributed by atoms with Gasteiger partial charge in [0, 0.05) is 42.0 Å². The average Bonchev–Trinajstić information content (AvgIpc) is 3.34. The van der Waals surface area contributed by atoms with Crippen molar-refractivity contribution in [3.63, 3.8) is 0 Å². The van der Waals surface area contributed by atoms with Crippen LogP contribution in [-0.2, 0) is 35.5 Å². The van der Waals surface area contributed by atoms with Gasteiger partial charge in [0.15, 0.2) is 0 Å². The molecule has 0 saturated carbocycles. The highest BCUT2D eigenvalue weighted by atomic mass is 32.1. The lowest BCUT2D eigenvalue weighted by Gasteiger charge is -2.33. The minimum atomic E-state index is 0.122. The molecule has 2 amide bonds. The molecule has 0 aromatic carbocycles. The van der Waals surface area contributed by atoms with E-state index in [0.717, 1.165) is 25.9 Å². The molecule has 0 aliphatic carbocycles. The first-order chi connectivity index (χ1) is 13.5. The number of fused-ring (bicyclic) bond motifs is 2. The molecule has 0 atom stereocenters. The molecule has 0 unspecified atom stereocenters. The molecular formula is C21H27N3O2S2. The van der Waals surface area contributed by atoms with Crippen LogP contribution in [0.1, 0.15) is 34.7 Å². The van der Waals surface area contributed by atoms with Crippen molar-refractivity contribution in [2.45, 2.75) is 45.8 Å². The second kappa shape index (κ2) is 8.35. The summed E-state index contributed by atoms with van der Waals surface area (Å²) in [6.07, 6.45) is 1.88. The lowest BCUT2D eigenvalue weighted by Crippen LogP contribution is -2.49. The number of hydrogen-bond donors (Lipinski definition) is 0. The van der Waals surface area contributed by atoms with Crippen LogP contribution >= 0.6 is 22.7 Å². The van der Waals surface area contributed by atoms with Gasteiger partial charge in [0.1, 0.15) is 0 Å². The van der Waals surface area contributed by atoms with E-state index in [4.69, 9.17) is 0 Å². The van der Waals surface area contributed by atoms with E-state index in [-0.39, 0.29) is 17.9 Å². The average molecular weight is 418 g/mol. The standard InChI is InChI=1S/C21H27N3O2S2/c1-15(2)24(13-20(25)22-7-3-18-16(11-22)5-9-27-18)14-21(26)23-8-4-19-17(12-23)6-10-28-19/h5-6,9-10,15H,3-4,7-8,11-14H2,1-2H3. The van der Waals surface area contributed by atoms with E-state index in [1.54, 1.807) is 22.7 Å². The Labute approximate surface area is 174 Å². The fourth-order valence-electron chi connectivity index (χ4n) is 3.89. The lowest BCUT2D eigenvalue weighted by atomic mass is 10.1. The largest absolute Gasteiger partial charge is 0.337 e. The number of hydrogen-bond acceptors (Lipinski definition) is 5. The zero-order valence-electron chi connectivity index (χ0n) is 16.5.